The van der Waals surface area contributed by atoms with Crippen molar-refractivity contribution in [1.82, 2.24) is 10.2 Å². The quantitative estimate of drug-likeness (QED) is 0.662. The molecule has 1 rings (SSSR count). The molecule has 0 unspecified atom stereocenters. The van der Waals surface area contributed by atoms with Crippen molar-refractivity contribution in [2.45, 2.75) is 6.92 Å². The van der Waals surface area contributed by atoms with Crippen LogP contribution in [0.1, 0.15) is 17.4 Å². The summed E-state index contributed by atoms with van der Waals surface area (Å²) in [5.41, 5.74) is 5.15. The van der Waals surface area contributed by atoms with Crippen molar-refractivity contribution in [1.29, 1.82) is 0 Å². The van der Waals surface area contributed by atoms with Crippen molar-refractivity contribution >= 4 is 11.7 Å². The van der Waals surface area contributed by atoms with Gasteiger partial charge in [-0.1, -0.05) is 0 Å². The summed E-state index contributed by atoms with van der Waals surface area (Å²) in [5, 5.41) is 10.3. The molecule has 5 nitrogen and oxygen atoms in total. The van der Waals surface area contributed by atoms with Crippen LogP contribution >= 0.6 is 0 Å². The Morgan fingerprint density at radius 3 is 2.75 bits per heavy atom. The lowest BCUT2D eigenvalue weighted by Crippen LogP contribution is -2.14. The second-order valence-corrected chi connectivity index (χ2v) is 2.20. The van der Waals surface area contributed by atoms with E-state index in [0.717, 1.165) is 6.54 Å². The van der Waals surface area contributed by atoms with E-state index in [-0.39, 0.29) is 5.69 Å². The van der Waals surface area contributed by atoms with Crippen LogP contribution in [0.5, 0.6) is 0 Å². The molecule has 3 N–H and O–H groups in total. The zero-order valence-corrected chi connectivity index (χ0v) is 6.74. The van der Waals surface area contributed by atoms with Crippen LogP contribution in [0.25, 0.3) is 0 Å². The lowest BCUT2D eigenvalue weighted by Gasteiger charge is -1.99. The van der Waals surface area contributed by atoms with Crippen LogP contribution in [-0.4, -0.2) is 22.6 Å². The summed E-state index contributed by atoms with van der Waals surface area (Å²) in [4.78, 5) is 10.6. The van der Waals surface area contributed by atoms with E-state index in [9.17, 15) is 4.79 Å². The number of carbonyl (C=O) groups is 1. The molecule has 0 bridgehead atoms. The average molecular weight is 166 g/mol. The normalized spacial score (nSPS) is 9.42. The van der Waals surface area contributed by atoms with Gasteiger partial charge in [-0.15, -0.1) is 10.2 Å². The maximum atomic E-state index is 10.6. The van der Waals surface area contributed by atoms with Crippen molar-refractivity contribution in [2.24, 2.45) is 5.73 Å². The summed E-state index contributed by atoms with van der Waals surface area (Å²) >= 11 is 0. The first-order valence-corrected chi connectivity index (χ1v) is 3.61. The fraction of sp³-hybridized carbons (Fsp3) is 0.286. The first-order valence-electron chi connectivity index (χ1n) is 3.61. The molecule has 0 spiro atoms. The predicted octanol–water partition coefficient (Wildman–Crippen LogP) is 0.00730. The SMILES string of the molecule is CCNc1ccc(C(N)=O)nn1. The van der Waals surface area contributed by atoms with Gasteiger partial charge in [-0.3, -0.25) is 4.79 Å². The second-order valence-electron chi connectivity index (χ2n) is 2.20. The van der Waals surface area contributed by atoms with Gasteiger partial charge >= 0.3 is 0 Å². The molecule has 64 valence electrons. The molecule has 0 aliphatic rings. The molecular formula is C7H10N4O. The number of aromatic nitrogens is 2. The minimum atomic E-state index is -0.564. The molecule has 12 heavy (non-hydrogen) atoms. The van der Waals surface area contributed by atoms with Crippen molar-refractivity contribution in [3.63, 3.8) is 0 Å². The number of carbonyl (C=O) groups excluding carboxylic acids is 1. The van der Waals surface area contributed by atoms with Crippen molar-refractivity contribution < 1.29 is 4.79 Å². The highest BCUT2D eigenvalue weighted by Crippen LogP contribution is 1.99. The third kappa shape index (κ3) is 1.91. The molecule has 0 radical (unpaired) electrons. The minimum Gasteiger partial charge on any atom is -0.369 e. The number of nitrogens with two attached hydrogens (primary N) is 1. The van der Waals surface area contributed by atoms with E-state index in [4.69, 9.17) is 5.73 Å². The van der Waals surface area contributed by atoms with E-state index >= 15 is 0 Å². The van der Waals surface area contributed by atoms with Crippen LogP contribution in [-0.2, 0) is 0 Å². The Morgan fingerprint density at radius 2 is 2.33 bits per heavy atom. The maximum Gasteiger partial charge on any atom is 0.269 e. The lowest BCUT2D eigenvalue weighted by molar-refractivity contribution is 0.0994. The van der Waals surface area contributed by atoms with Crippen LogP contribution in [0.2, 0.25) is 0 Å². The Kier molecular flexibility index (Phi) is 2.57. The number of hydrogen-bond acceptors (Lipinski definition) is 4. The zero-order chi connectivity index (χ0) is 8.97. The standard InChI is InChI=1S/C7H10N4O/c1-2-9-6-4-3-5(7(8)12)10-11-6/h3-4H,2H2,1H3,(H2,8,12)(H,9,11). The highest BCUT2D eigenvalue weighted by atomic mass is 16.1. The van der Waals surface area contributed by atoms with E-state index in [0.29, 0.717) is 5.82 Å². The maximum absolute atomic E-state index is 10.6. The Morgan fingerprint density at radius 1 is 1.58 bits per heavy atom. The van der Waals surface area contributed by atoms with Crippen LogP contribution < -0.4 is 11.1 Å². The van der Waals surface area contributed by atoms with Crippen molar-refractivity contribution in [3.05, 3.63) is 17.8 Å². The van der Waals surface area contributed by atoms with Crippen LogP contribution in [0, 0.1) is 0 Å². The molecular weight excluding hydrogens is 156 g/mol. The Hall–Kier alpha value is -1.65. The molecule has 1 aromatic rings. The molecule has 0 atom stereocenters. The number of anilines is 1. The van der Waals surface area contributed by atoms with Crippen molar-refractivity contribution in [3.8, 4) is 0 Å². The third-order valence-electron chi connectivity index (χ3n) is 1.27. The summed E-state index contributed by atoms with van der Waals surface area (Å²) in [6.07, 6.45) is 0. The lowest BCUT2D eigenvalue weighted by atomic mass is 10.4. The molecule has 0 saturated carbocycles. The van der Waals surface area contributed by atoms with E-state index in [1.807, 2.05) is 6.92 Å². The number of rotatable bonds is 3. The molecule has 0 aliphatic carbocycles. The molecule has 0 fully saturated rings. The van der Waals surface area contributed by atoms with Crippen molar-refractivity contribution in [2.75, 3.05) is 11.9 Å². The number of nitrogens with one attached hydrogen (secondary N) is 1. The van der Waals surface area contributed by atoms with Gasteiger partial charge in [0.15, 0.2) is 5.69 Å². The van der Waals surface area contributed by atoms with Gasteiger partial charge in [0, 0.05) is 6.54 Å². The highest BCUT2D eigenvalue weighted by molar-refractivity contribution is 5.90. The summed E-state index contributed by atoms with van der Waals surface area (Å²) in [6, 6.07) is 3.20. The Bertz CT molecular complexity index is 269. The predicted molar refractivity (Wildman–Crippen MR) is 44.7 cm³/mol. The summed E-state index contributed by atoms with van der Waals surface area (Å²) < 4.78 is 0. The summed E-state index contributed by atoms with van der Waals surface area (Å²) in [5.74, 6) is 0.0769. The number of hydrogen-bond donors (Lipinski definition) is 2. The van der Waals surface area contributed by atoms with E-state index in [1.165, 1.54) is 6.07 Å². The summed E-state index contributed by atoms with van der Waals surface area (Å²) in [6.45, 7) is 2.72. The zero-order valence-electron chi connectivity index (χ0n) is 6.74. The van der Waals surface area contributed by atoms with E-state index < -0.39 is 5.91 Å². The van der Waals surface area contributed by atoms with Gasteiger partial charge in [0.2, 0.25) is 0 Å². The first-order chi connectivity index (χ1) is 5.74. The smallest absolute Gasteiger partial charge is 0.269 e. The number of primary amides is 1. The minimum absolute atomic E-state index is 0.177. The van der Waals surface area contributed by atoms with Gasteiger partial charge in [0.05, 0.1) is 0 Å². The van der Waals surface area contributed by atoms with Crippen LogP contribution in [0.15, 0.2) is 12.1 Å². The van der Waals surface area contributed by atoms with Gasteiger partial charge in [-0.25, -0.2) is 0 Å². The number of amides is 1. The Balaban J connectivity index is 2.78. The molecule has 1 aromatic heterocycles. The fourth-order valence-electron chi connectivity index (χ4n) is 0.739. The van der Waals surface area contributed by atoms with E-state index in [2.05, 4.69) is 15.5 Å². The molecule has 1 heterocycles. The summed E-state index contributed by atoms with van der Waals surface area (Å²) in [7, 11) is 0. The van der Waals surface area contributed by atoms with E-state index in [1.54, 1.807) is 6.07 Å². The highest BCUT2D eigenvalue weighted by Gasteiger charge is 2.01. The van der Waals surface area contributed by atoms with Gasteiger partial charge < -0.3 is 11.1 Å². The van der Waals surface area contributed by atoms with Gasteiger partial charge in [0.1, 0.15) is 5.82 Å². The molecule has 5 heteroatoms. The third-order valence-corrected chi connectivity index (χ3v) is 1.27. The fourth-order valence-corrected chi connectivity index (χ4v) is 0.739. The molecule has 0 aliphatic heterocycles. The van der Waals surface area contributed by atoms with Crippen LogP contribution in [0.4, 0.5) is 5.82 Å². The number of nitrogens with zero attached hydrogens (tertiary/aromatic N) is 2. The average Bonchev–Trinajstić information content (AvgIpc) is 2.06. The monoisotopic (exact) mass is 166 g/mol. The van der Waals surface area contributed by atoms with Crippen LogP contribution in [0.3, 0.4) is 0 Å². The topological polar surface area (TPSA) is 80.9 Å². The second kappa shape index (κ2) is 3.66. The first kappa shape index (κ1) is 8.45. The van der Waals surface area contributed by atoms with Gasteiger partial charge in [0.25, 0.3) is 5.91 Å². The Labute approximate surface area is 70.0 Å². The largest absolute Gasteiger partial charge is 0.369 e. The molecule has 1 amide bonds. The van der Waals surface area contributed by atoms with Gasteiger partial charge in [-0.2, -0.15) is 0 Å². The molecule has 0 saturated heterocycles. The molecule has 0 aromatic carbocycles. The van der Waals surface area contributed by atoms with Gasteiger partial charge in [-0.05, 0) is 19.1 Å².